The van der Waals surface area contributed by atoms with Gasteiger partial charge in [0.05, 0.1) is 12.5 Å². The second-order valence-corrected chi connectivity index (χ2v) is 7.02. The predicted molar refractivity (Wildman–Crippen MR) is 107 cm³/mol. The monoisotopic (exact) mass is 411 g/mol. The summed E-state index contributed by atoms with van der Waals surface area (Å²) < 4.78 is 11.9. The van der Waals surface area contributed by atoms with Crippen molar-refractivity contribution < 1.29 is 9.26 Å². The van der Waals surface area contributed by atoms with E-state index in [0.717, 1.165) is 17.5 Å². The summed E-state index contributed by atoms with van der Waals surface area (Å²) in [5.74, 6) is 1.35. The summed E-state index contributed by atoms with van der Waals surface area (Å²) in [6.07, 6.45) is 2.81. The average molecular weight is 412 g/mol. The number of aromatic nitrogens is 5. The Kier molecular flexibility index (Phi) is 5.26. The Bertz CT molecular complexity index is 1220. The van der Waals surface area contributed by atoms with Crippen molar-refractivity contribution in [1.82, 2.24) is 24.7 Å². The molecule has 0 spiro atoms. The van der Waals surface area contributed by atoms with Crippen molar-refractivity contribution >= 4 is 22.6 Å². The van der Waals surface area contributed by atoms with Gasteiger partial charge in [-0.1, -0.05) is 28.9 Å². The van der Waals surface area contributed by atoms with Crippen LogP contribution in [0.25, 0.3) is 11.0 Å². The van der Waals surface area contributed by atoms with Crippen LogP contribution in [0.4, 0.5) is 0 Å². The van der Waals surface area contributed by atoms with Gasteiger partial charge in [0.1, 0.15) is 12.9 Å². The number of halogens is 1. The van der Waals surface area contributed by atoms with Gasteiger partial charge in [-0.3, -0.25) is 9.36 Å². The summed E-state index contributed by atoms with van der Waals surface area (Å²) in [7, 11) is 1.52. The standard InChI is InChI=1S/C20H18ClN5O3/c1-12-9-16(28-2)24-19-18(12)20(27)26(11-22-19)10-17-23-15(25-29-17)8-5-13-3-6-14(21)7-4-13/h3-4,6-7,9,11H,5,8,10H2,1-2H3. The molecule has 0 N–H and O–H groups in total. The van der Waals surface area contributed by atoms with Crippen LogP contribution < -0.4 is 10.3 Å². The smallest absolute Gasteiger partial charge is 0.263 e. The molecule has 3 heterocycles. The van der Waals surface area contributed by atoms with Crippen LogP contribution in [-0.4, -0.2) is 31.8 Å². The lowest BCUT2D eigenvalue weighted by atomic mass is 10.1. The van der Waals surface area contributed by atoms with Gasteiger partial charge < -0.3 is 9.26 Å². The molecule has 0 aliphatic carbocycles. The highest BCUT2D eigenvalue weighted by molar-refractivity contribution is 6.30. The number of rotatable bonds is 6. The predicted octanol–water partition coefficient (Wildman–Crippen LogP) is 2.98. The molecule has 4 aromatic rings. The van der Waals surface area contributed by atoms with Crippen LogP contribution in [0.5, 0.6) is 5.88 Å². The fourth-order valence-electron chi connectivity index (χ4n) is 3.03. The summed E-state index contributed by atoms with van der Waals surface area (Å²) >= 11 is 5.90. The Morgan fingerprint density at radius 3 is 2.72 bits per heavy atom. The van der Waals surface area contributed by atoms with E-state index in [4.69, 9.17) is 20.9 Å². The Morgan fingerprint density at radius 1 is 1.17 bits per heavy atom. The molecule has 0 fully saturated rings. The number of pyridine rings is 1. The fraction of sp³-hybridized carbons (Fsp3) is 0.250. The van der Waals surface area contributed by atoms with Gasteiger partial charge in [0.25, 0.3) is 5.56 Å². The van der Waals surface area contributed by atoms with E-state index in [2.05, 4.69) is 20.1 Å². The van der Waals surface area contributed by atoms with Gasteiger partial charge in [0, 0.05) is 17.5 Å². The normalized spacial score (nSPS) is 11.1. The number of nitrogens with zero attached hydrogens (tertiary/aromatic N) is 5. The maximum absolute atomic E-state index is 12.8. The highest BCUT2D eigenvalue weighted by Gasteiger charge is 2.13. The van der Waals surface area contributed by atoms with E-state index in [0.29, 0.717) is 40.1 Å². The first-order chi connectivity index (χ1) is 14.0. The first-order valence-corrected chi connectivity index (χ1v) is 9.38. The molecule has 148 valence electrons. The number of ether oxygens (including phenoxy) is 1. The molecule has 1 aromatic carbocycles. The van der Waals surface area contributed by atoms with Crippen molar-refractivity contribution in [2.24, 2.45) is 0 Å². The fourth-order valence-corrected chi connectivity index (χ4v) is 3.16. The van der Waals surface area contributed by atoms with Crippen molar-refractivity contribution in [3.8, 4) is 5.88 Å². The average Bonchev–Trinajstić information content (AvgIpc) is 3.16. The Balaban J connectivity index is 1.51. The van der Waals surface area contributed by atoms with Gasteiger partial charge in [-0.2, -0.15) is 9.97 Å². The third-order valence-corrected chi connectivity index (χ3v) is 4.80. The molecular weight excluding hydrogens is 394 g/mol. The third kappa shape index (κ3) is 4.12. The van der Waals surface area contributed by atoms with E-state index >= 15 is 0 Å². The molecule has 0 aliphatic heterocycles. The molecule has 8 nitrogen and oxygen atoms in total. The summed E-state index contributed by atoms with van der Waals surface area (Å²) in [4.78, 5) is 25.7. The molecule has 4 rings (SSSR count). The Morgan fingerprint density at radius 2 is 1.97 bits per heavy atom. The maximum atomic E-state index is 12.8. The van der Waals surface area contributed by atoms with Gasteiger partial charge in [0.2, 0.25) is 11.8 Å². The molecular formula is C20H18ClN5O3. The van der Waals surface area contributed by atoms with Crippen LogP contribution in [0.15, 0.2) is 46.0 Å². The summed E-state index contributed by atoms with van der Waals surface area (Å²) in [5, 5.41) is 5.14. The van der Waals surface area contributed by atoms with Crippen LogP contribution in [0.2, 0.25) is 5.02 Å². The minimum absolute atomic E-state index is 0.140. The first kappa shape index (κ1) is 19.1. The zero-order valence-electron chi connectivity index (χ0n) is 15.9. The summed E-state index contributed by atoms with van der Waals surface area (Å²) in [6, 6.07) is 9.34. The minimum Gasteiger partial charge on any atom is -0.481 e. The molecule has 29 heavy (non-hydrogen) atoms. The number of methoxy groups -OCH3 is 1. The van der Waals surface area contributed by atoms with E-state index in [1.54, 1.807) is 6.07 Å². The molecule has 0 radical (unpaired) electrons. The molecule has 0 bridgehead atoms. The van der Waals surface area contributed by atoms with Gasteiger partial charge in [-0.05, 0) is 36.6 Å². The number of hydrogen-bond acceptors (Lipinski definition) is 7. The van der Waals surface area contributed by atoms with Crippen molar-refractivity contribution in [2.45, 2.75) is 26.3 Å². The van der Waals surface area contributed by atoms with Crippen LogP contribution >= 0.6 is 11.6 Å². The quantitative estimate of drug-likeness (QED) is 0.481. The topological polar surface area (TPSA) is 95.9 Å². The molecule has 0 atom stereocenters. The van der Waals surface area contributed by atoms with Crippen molar-refractivity contribution in [3.63, 3.8) is 0 Å². The molecule has 0 saturated carbocycles. The van der Waals surface area contributed by atoms with Crippen molar-refractivity contribution in [1.29, 1.82) is 0 Å². The molecule has 0 saturated heterocycles. The molecule has 3 aromatic heterocycles. The second-order valence-electron chi connectivity index (χ2n) is 6.59. The first-order valence-electron chi connectivity index (χ1n) is 9.00. The number of fused-ring (bicyclic) bond motifs is 1. The van der Waals surface area contributed by atoms with Crippen molar-refractivity contribution in [2.75, 3.05) is 7.11 Å². The molecule has 9 heteroatoms. The highest BCUT2D eigenvalue weighted by Crippen LogP contribution is 2.17. The van der Waals surface area contributed by atoms with Crippen LogP contribution in [0.1, 0.15) is 22.8 Å². The Hall–Kier alpha value is -3.26. The van der Waals surface area contributed by atoms with Gasteiger partial charge >= 0.3 is 0 Å². The van der Waals surface area contributed by atoms with E-state index in [9.17, 15) is 4.79 Å². The molecule has 0 amide bonds. The third-order valence-electron chi connectivity index (χ3n) is 4.54. The molecule has 0 unspecified atom stereocenters. The SMILES string of the molecule is COc1cc(C)c2c(=O)n(Cc3nc(CCc4ccc(Cl)cc4)no3)cnc2n1. The van der Waals surface area contributed by atoms with Crippen LogP contribution in [-0.2, 0) is 19.4 Å². The lowest BCUT2D eigenvalue weighted by Crippen LogP contribution is -2.22. The zero-order chi connectivity index (χ0) is 20.4. The minimum atomic E-state index is -0.219. The van der Waals surface area contributed by atoms with Crippen molar-refractivity contribution in [3.05, 3.63) is 74.9 Å². The van der Waals surface area contributed by atoms with Gasteiger partial charge in [-0.25, -0.2) is 4.98 Å². The van der Waals surface area contributed by atoms with E-state index in [1.807, 2.05) is 31.2 Å². The number of benzene rings is 1. The molecule has 0 aliphatic rings. The van der Waals surface area contributed by atoms with E-state index < -0.39 is 0 Å². The summed E-state index contributed by atoms with van der Waals surface area (Å²) in [6.45, 7) is 1.96. The zero-order valence-corrected chi connectivity index (χ0v) is 16.7. The number of hydrogen-bond donors (Lipinski definition) is 0. The lowest BCUT2D eigenvalue weighted by molar-refractivity contribution is 0.364. The van der Waals surface area contributed by atoms with Gasteiger partial charge in [-0.15, -0.1) is 0 Å². The lowest BCUT2D eigenvalue weighted by Gasteiger charge is -2.07. The summed E-state index contributed by atoms with van der Waals surface area (Å²) in [5.41, 5.74) is 2.00. The Labute approximate surface area is 171 Å². The van der Waals surface area contributed by atoms with Crippen LogP contribution in [0, 0.1) is 6.92 Å². The van der Waals surface area contributed by atoms with E-state index in [-0.39, 0.29) is 12.1 Å². The number of aryl methyl sites for hydroxylation is 3. The van der Waals surface area contributed by atoms with Crippen LogP contribution in [0.3, 0.4) is 0 Å². The highest BCUT2D eigenvalue weighted by atomic mass is 35.5. The van der Waals surface area contributed by atoms with E-state index in [1.165, 1.54) is 18.0 Å². The van der Waals surface area contributed by atoms with Gasteiger partial charge in [0.15, 0.2) is 11.5 Å². The maximum Gasteiger partial charge on any atom is 0.263 e. The largest absolute Gasteiger partial charge is 0.481 e. The second kappa shape index (κ2) is 8.00.